The van der Waals surface area contributed by atoms with Gasteiger partial charge in [0.15, 0.2) is 5.96 Å². The minimum atomic E-state index is 0. The monoisotopic (exact) mass is 456 g/mol. The van der Waals surface area contributed by atoms with Gasteiger partial charge < -0.3 is 15.1 Å². The average Bonchev–Trinajstić information content (AvgIpc) is 3.07. The Kier molecular flexibility index (Phi) is 10.3. The number of guanidine groups is 1. The topological polar surface area (TPSA) is 52.8 Å². The fourth-order valence-electron chi connectivity index (χ4n) is 2.55. The van der Waals surface area contributed by atoms with E-state index in [1.807, 2.05) is 12.1 Å². The molecule has 5 nitrogen and oxygen atoms in total. The predicted octanol–water partition coefficient (Wildman–Crippen LogP) is 3.60. The van der Waals surface area contributed by atoms with Crippen molar-refractivity contribution in [3.05, 3.63) is 59.5 Å². The Balaban J connectivity index is 0.00000312. The first-order valence-corrected chi connectivity index (χ1v) is 8.52. The molecule has 6 heteroatoms. The maximum Gasteiger partial charge on any atom is 0.191 e. The van der Waals surface area contributed by atoms with Crippen molar-refractivity contribution >= 4 is 29.9 Å². The van der Waals surface area contributed by atoms with Gasteiger partial charge in [-0.2, -0.15) is 0 Å². The highest BCUT2D eigenvalue weighted by Crippen LogP contribution is 2.14. The second-order valence-electron chi connectivity index (χ2n) is 5.75. The highest BCUT2D eigenvalue weighted by Gasteiger charge is 2.07. The van der Waals surface area contributed by atoms with E-state index in [1.54, 1.807) is 6.26 Å². The predicted molar refractivity (Wildman–Crippen MR) is 114 cm³/mol. The molecule has 0 amide bonds. The van der Waals surface area contributed by atoms with Gasteiger partial charge in [-0.25, -0.2) is 4.99 Å². The van der Waals surface area contributed by atoms with Crippen molar-refractivity contribution in [2.75, 3.05) is 20.1 Å². The highest BCUT2D eigenvalue weighted by atomic mass is 127. The fraction of sp³-hybridized carbons (Fsp3) is 0.421. The van der Waals surface area contributed by atoms with Crippen LogP contribution in [0.1, 0.15) is 30.7 Å². The SMILES string of the molecule is CCNC(=NCc1ccccc1CN(C)Cc1ccco1)NCC.I. The van der Waals surface area contributed by atoms with Crippen LogP contribution in [0.3, 0.4) is 0 Å². The Morgan fingerprint density at radius 1 is 1.00 bits per heavy atom. The van der Waals surface area contributed by atoms with E-state index in [4.69, 9.17) is 4.42 Å². The zero-order chi connectivity index (χ0) is 17.2. The maximum absolute atomic E-state index is 5.42. The molecule has 0 aliphatic rings. The summed E-state index contributed by atoms with van der Waals surface area (Å²) in [6, 6.07) is 12.4. The van der Waals surface area contributed by atoms with Gasteiger partial charge in [0, 0.05) is 19.6 Å². The second-order valence-corrected chi connectivity index (χ2v) is 5.75. The highest BCUT2D eigenvalue weighted by molar-refractivity contribution is 14.0. The second kappa shape index (κ2) is 11.9. The number of hydrogen-bond donors (Lipinski definition) is 2. The number of aliphatic imine (C=N–C) groups is 1. The third kappa shape index (κ3) is 7.48. The first kappa shape index (κ1) is 21.5. The maximum atomic E-state index is 5.42. The number of furan rings is 1. The number of nitrogens with one attached hydrogen (secondary N) is 2. The first-order valence-electron chi connectivity index (χ1n) is 8.52. The third-order valence-corrected chi connectivity index (χ3v) is 3.66. The van der Waals surface area contributed by atoms with Gasteiger partial charge >= 0.3 is 0 Å². The minimum absolute atomic E-state index is 0. The van der Waals surface area contributed by atoms with Crippen molar-refractivity contribution < 1.29 is 4.42 Å². The van der Waals surface area contributed by atoms with E-state index in [2.05, 4.69) is 65.7 Å². The smallest absolute Gasteiger partial charge is 0.191 e. The largest absolute Gasteiger partial charge is 0.468 e. The number of hydrogen-bond acceptors (Lipinski definition) is 3. The van der Waals surface area contributed by atoms with E-state index in [9.17, 15) is 0 Å². The van der Waals surface area contributed by atoms with Crippen LogP contribution < -0.4 is 10.6 Å². The summed E-state index contributed by atoms with van der Waals surface area (Å²) in [5, 5.41) is 6.52. The van der Waals surface area contributed by atoms with Crippen LogP contribution in [0.25, 0.3) is 0 Å². The van der Waals surface area contributed by atoms with Gasteiger partial charge in [-0.15, -0.1) is 24.0 Å². The lowest BCUT2D eigenvalue weighted by atomic mass is 10.1. The molecule has 0 unspecified atom stereocenters. The zero-order valence-electron chi connectivity index (χ0n) is 15.3. The van der Waals surface area contributed by atoms with Crippen molar-refractivity contribution in [2.45, 2.75) is 33.5 Å². The van der Waals surface area contributed by atoms with Gasteiger partial charge in [0.05, 0.1) is 19.4 Å². The van der Waals surface area contributed by atoms with Crippen LogP contribution >= 0.6 is 24.0 Å². The standard InChI is InChI=1S/C19H28N4O.HI/c1-4-20-19(21-5-2)22-13-16-9-6-7-10-17(16)14-23(3)15-18-11-8-12-24-18;/h6-12H,4-5,13-15H2,1-3H3,(H2,20,21,22);1H. The lowest BCUT2D eigenvalue weighted by Gasteiger charge is -2.17. The molecule has 0 radical (unpaired) electrons. The third-order valence-electron chi connectivity index (χ3n) is 3.66. The Morgan fingerprint density at radius 3 is 2.28 bits per heavy atom. The molecule has 0 bridgehead atoms. The molecule has 1 aromatic heterocycles. The van der Waals surface area contributed by atoms with Crippen LogP contribution in [0.2, 0.25) is 0 Å². The number of nitrogens with zero attached hydrogens (tertiary/aromatic N) is 2. The molecule has 2 aromatic rings. The van der Waals surface area contributed by atoms with Crippen molar-refractivity contribution in [3.8, 4) is 0 Å². The summed E-state index contributed by atoms with van der Waals surface area (Å²) >= 11 is 0. The molecule has 2 rings (SSSR count). The lowest BCUT2D eigenvalue weighted by molar-refractivity contribution is 0.287. The first-order chi connectivity index (χ1) is 11.7. The van der Waals surface area contributed by atoms with E-state index in [0.29, 0.717) is 6.54 Å². The molecule has 1 aromatic carbocycles. The Hall–Kier alpha value is -1.54. The van der Waals surface area contributed by atoms with Crippen LogP contribution in [0.5, 0.6) is 0 Å². The molecule has 25 heavy (non-hydrogen) atoms. The van der Waals surface area contributed by atoms with Crippen molar-refractivity contribution in [1.29, 1.82) is 0 Å². The molecule has 0 fully saturated rings. The van der Waals surface area contributed by atoms with Gasteiger partial charge in [-0.3, -0.25) is 4.90 Å². The summed E-state index contributed by atoms with van der Waals surface area (Å²) in [6.45, 7) is 8.20. The van der Waals surface area contributed by atoms with Crippen LogP contribution in [-0.4, -0.2) is 31.0 Å². The zero-order valence-corrected chi connectivity index (χ0v) is 17.6. The number of rotatable bonds is 8. The molecule has 2 N–H and O–H groups in total. The number of benzene rings is 1. The van der Waals surface area contributed by atoms with Crippen LogP contribution in [0.4, 0.5) is 0 Å². The molecular formula is C19H29IN4O. The van der Waals surface area contributed by atoms with E-state index in [-0.39, 0.29) is 24.0 Å². The summed E-state index contributed by atoms with van der Waals surface area (Å²) in [5.41, 5.74) is 2.54. The van der Waals surface area contributed by atoms with Gasteiger partial charge in [-0.1, -0.05) is 24.3 Å². The van der Waals surface area contributed by atoms with Gasteiger partial charge in [0.1, 0.15) is 5.76 Å². The molecular weight excluding hydrogens is 427 g/mol. The van der Waals surface area contributed by atoms with Crippen molar-refractivity contribution in [3.63, 3.8) is 0 Å². The van der Waals surface area contributed by atoms with Crippen molar-refractivity contribution in [2.24, 2.45) is 4.99 Å². The number of halogens is 1. The summed E-state index contributed by atoms with van der Waals surface area (Å²) in [4.78, 5) is 6.92. The van der Waals surface area contributed by atoms with E-state index in [1.165, 1.54) is 11.1 Å². The van der Waals surface area contributed by atoms with Crippen molar-refractivity contribution in [1.82, 2.24) is 15.5 Å². The molecule has 138 valence electrons. The van der Waals surface area contributed by atoms with Gasteiger partial charge in [0.2, 0.25) is 0 Å². The minimum Gasteiger partial charge on any atom is -0.468 e. The summed E-state index contributed by atoms with van der Waals surface area (Å²) in [6.07, 6.45) is 1.72. The summed E-state index contributed by atoms with van der Waals surface area (Å²) in [5.74, 6) is 1.84. The average molecular weight is 456 g/mol. The molecule has 0 aliphatic heterocycles. The quantitative estimate of drug-likeness (QED) is 0.362. The Morgan fingerprint density at radius 2 is 1.68 bits per heavy atom. The molecule has 0 spiro atoms. The van der Waals surface area contributed by atoms with Crippen LogP contribution in [0, 0.1) is 0 Å². The molecule has 0 aliphatic carbocycles. The van der Waals surface area contributed by atoms with E-state index in [0.717, 1.165) is 37.9 Å². The molecule has 0 saturated heterocycles. The Bertz CT molecular complexity index is 620. The summed E-state index contributed by atoms with van der Waals surface area (Å²) < 4.78 is 5.42. The fourth-order valence-corrected chi connectivity index (χ4v) is 2.55. The summed E-state index contributed by atoms with van der Waals surface area (Å²) in [7, 11) is 2.10. The molecule has 1 heterocycles. The normalized spacial score (nSPS) is 10.2. The van der Waals surface area contributed by atoms with Gasteiger partial charge in [0.25, 0.3) is 0 Å². The molecule has 0 saturated carbocycles. The van der Waals surface area contributed by atoms with Crippen LogP contribution in [0.15, 0.2) is 52.1 Å². The van der Waals surface area contributed by atoms with Crippen LogP contribution in [-0.2, 0) is 19.6 Å². The van der Waals surface area contributed by atoms with E-state index >= 15 is 0 Å². The Labute approximate surface area is 167 Å². The molecule has 0 atom stereocenters. The van der Waals surface area contributed by atoms with E-state index < -0.39 is 0 Å². The lowest BCUT2D eigenvalue weighted by Crippen LogP contribution is -2.37. The van der Waals surface area contributed by atoms with Gasteiger partial charge in [-0.05, 0) is 44.2 Å².